The summed E-state index contributed by atoms with van der Waals surface area (Å²) in [4.78, 5) is 0. The summed E-state index contributed by atoms with van der Waals surface area (Å²) >= 11 is 0. The second-order valence-electron chi connectivity index (χ2n) is 5.63. The predicted octanol–water partition coefficient (Wildman–Crippen LogP) is -5.40. The molecule has 0 aromatic heterocycles. The van der Waals surface area contributed by atoms with Gasteiger partial charge in [0.25, 0.3) is 0 Å². The van der Waals surface area contributed by atoms with Gasteiger partial charge in [-0.05, 0) is 0 Å². The van der Waals surface area contributed by atoms with Gasteiger partial charge in [-0.2, -0.15) is 0 Å². The summed E-state index contributed by atoms with van der Waals surface area (Å²) < 4.78 is 15.2. The molecule has 0 bridgehead atoms. The van der Waals surface area contributed by atoms with Gasteiger partial charge < -0.3 is 55.1 Å². The first-order valence-corrected chi connectivity index (χ1v) is 7.04. The Balaban J connectivity index is 1.95. The molecule has 2 heterocycles. The largest absolute Gasteiger partial charge is 0.394 e. The third kappa shape index (κ3) is 3.50. The number of hydrogen-bond acceptors (Lipinski definition) is 11. The predicted molar refractivity (Wildman–Crippen MR) is 68.6 cm³/mol. The zero-order valence-corrected chi connectivity index (χ0v) is 12.0. The van der Waals surface area contributed by atoms with Crippen molar-refractivity contribution in [1.82, 2.24) is 0 Å². The maximum atomic E-state index is 9.78. The molecule has 0 aromatic rings. The lowest BCUT2D eigenvalue weighted by Crippen LogP contribution is -2.59. The fourth-order valence-electron chi connectivity index (χ4n) is 2.53. The first-order valence-electron chi connectivity index (χ1n) is 7.04. The van der Waals surface area contributed by atoms with E-state index in [1.54, 1.807) is 0 Å². The first-order chi connectivity index (χ1) is 10.7. The monoisotopic (exact) mass is 342 g/mol. The van der Waals surface area contributed by atoms with Crippen molar-refractivity contribution >= 4 is 0 Å². The van der Waals surface area contributed by atoms with Crippen LogP contribution in [0.25, 0.3) is 0 Å². The molecule has 9 atom stereocenters. The van der Waals surface area contributed by atoms with Crippen LogP contribution in [-0.4, -0.2) is 115 Å². The van der Waals surface area contributed by atoms with Crippen LogP contribution in [0.4, 0.5) is 0 Å². The van der Waals surface area contributed by atoms with Crippen molar-refractivity contribution in [2.45, 2.75) is 54.8 Å². The molecule has 2 saturated heterocycles. The minimum absolute atomic E-state index is 0.469. The van der Waals surface area contributed by atoms with Crippen molar-refractivity contribution in [2.24, 2.45) is 0 Å². The highest BCUT2D eigenvalue weighted by atomic mass is 16.7. The highest BCUT2D eigenvalue weighted by Crippen LogP contribution is 2.30. The summed E-state index contributed by atoms with van der Waals surface area (Å²) in [6.45, 7) is -2.05. The van der Waals surface area contributed by atoms with Crippen molar-refractivity contribution in [2.75, 3.05) is 19.8 Å². The molecule has 0 radical (unpaired) electrons. The van der Waals surface area contributed by atoms with Crippen LogP contribution in [0.3, 0.4) is 0 Å². The molecule has 2 aliphatic rings. The Labute approximate surface area is 130 Å². The van der Waals surface area contributed by atoms with Gasteiger partial charge in [0, 0.05) is 0 Å². The topological polar surface area (TPSA) is 190 Å². The van der Waals surface area contributed by atoms with Gasteiger partial charge in [-0.1, -0.05) is 0 Å². The molecular weight excluding hydrogens is 320 g/mol. The number of aliphatic hydroxyl groups excluding tert-OH is 7. The zero-order valence-electron chi connectivity index (χ0n) is 12.0. The van der Waals surface area contributed by atoms with E-state index in [1.807, 2.05) is 0 Å². The second kappa shape index (κ2) is 7.21. The Kier molecular flexibility index (Phi) is 5.92. The van der Waals surface area contributed by atoms with Gasteiger partial charge in [0.1, 0.15) is 42.7 Å². The maximum absolute atomic E-state index is 9.78. The number of ether oxygens (including phenoxy) is 3. The van der Waals surface area contributed by atoms with Gasteiger partial charge in [0.15, 0.2) is 6.29 Å². The number of hydrogen-bond donors (Lipinski definition) is 8. The molecule has 8 N–H and O–H groups in total. The SMILES string of the molecule is OCC1O[C@H](OC[C@H]2OC(O)(CO)C(O)[C@H]2O)C(O)[C@@H](O)[C@@H]1O. The molecule has 2 fully saturated rings. The smallest absolute Gasteiger partial charge is 0.219 e. The molecule has 2 aliphatic heterocycles. The third-order valence-corrected chi connectivity index (χ3v) is 4.02. The van der Waals surface area contributed by atoms with E-state index < -0.39 is 74.6 Å². The van der Waals surface area contributed by atoms with E-state index in [9.17, 15) is 30.6 Å². The molecule has 0 aliphatic carbocycles. The summed E-state index contributed by atoms with van der Waals surface area (Å²) in [5.74, 6) is -2.34. The van der Waals surface area contributed by atoms with E-state index in [0.29, 0.717) is 0 Å². The van der Waals surface area contributed by atoms with E-state index in [-0.39, 0.29) is 0 Å². The lowest BCUT2D eigenvalue weighted by atomic mass is 9.99. The Morgan fingerprint density at radius 2 is 1.52 bits per heavy atom. The van der Waals surface area contributed by atoms with E-state index in [0.717, 1.165) is 0 Å². The highest BCUT2D eigenvalue weighted by molar-refractivity contribution is 4.95. The van der Waals surface area contributed by atoms with Gasteiger partial charge in [-0.25, -0.2) is 0 Å². The Morgan fingerprint density at radius 1 is 0.870 bits per heavy atom. The maximum Gasteiger partial charge on any atom is 0.219 e. The van der Waals surface area contributed by atoms with Crippen LogP contribution < -0.4 is 0 Å². The average Bonchev–Trinajstić information content (AvgIpc) is 2.77. The van der Waals surface area contributed by atoms with E-state index >= 15 is 0 Å². The lowest BCUT2D eigenvalue weighted by molar-refractivity contribution is -0.310. The Bertz CT molecular complexity index is 393. The molecule has 0 saturated carbocycles. The molecule has 0 aromatic carbocycles. The van der Waals surface area contributed by atoms with Gasteiger partial charge in [-0.3, -0.25) is 0 Å². The van der Waals surface area contributed by atoms with E-state index in [4.69, 9.17) is 24.4 Å². The van der Waals surface area contributed by atoms with Gasteiger partial charge in [-0.15, -0.1) is 0 Å². The van der Waals surface area contributed by atoms with Crippen LogP contribution >= 0.6 is 0 Å². The standard InChI is InChI=1S/C12H22O11/c13-1-4-6(15)8(17)9(18)11(22-4)21-2-5-7(16)10(19)12(20,3-14)23-5/h4-11,13-20H,1-3H2/t4?,5-,6-,7+,8+,9?,10?,11+,12?/m1/s1. The Hall–Kier alpha value is -0.440. The number of rotatable bonds is 5. The van der Waals surface area contributed by atoms with Gasteiger partial charge in [0.2, 0.25) is 5.79 Å². The van der Waals surface area contributed by atoms with Gasteiger partial charge >= 0.3 is 0 Å². The van der Waals surface area contributed by atoms with Crippen LogP contribution in [0.2, 0.25) is 0 Å². The average molecular weight is 342 g/mol. The minimum atomic E-state index is -2.34. The van der Waals surface area contributed by atoms with Crippen molar-refractivity contribution in [1.29, 1.82) is 0 Å². The summed E-state index contributed by atoms with van der Waals surface area (Å²) in [5.41, 5.74) is 0. The molecule has 11 heteroatoms. The van der Waals surface area contributed by atoms with Crippen molar-refractivity contribution in [3.63, 3.8) is 0 Å². The third-order valence-electron chi connectivity index (χ3n) is 4.02. The first kappa shape index (κ1) is 18.9. The molecule has 2 rings (SSSR count). The minimum Gasteiger partial charge on any atom is -0.394 e. The molecule has 4 unspecified atom stereocenters. The molecule has 11 nitrogen and oxygen atoms in total. The molecule has 0 amide bonds. The zero-order chi connectivity index (χ0) is 17.4. The van der Waals surface area contributed by atoms with Crippen molar-refractivity contribution in [3.05, 3.63) is 0 Å². The molecular formula is C12H22O11. The van der Waals surface area contributed by atoms with Crippen LogP contribution in [0, 0.1) is 0 Å². The van der Waals surface area contributed by atoms with Crippen molar-refractivity contribution < 1.29 is 55.1 Å². The van der Waals surface area contributed by atoms with E-state index in [1.165, 1.54) is 0 Å². The molecule has 0 spiro atoms. The number of aliphatic hydroxyl groups is 8. The summed E-state index contributed by atoms with van der Waals surface area (Å²) in [5, 5.41) is 76.1. The second-order valence-corrected chi connectivity index (χ2v) is 5.63. The molecule has 23 heavy (non-hydrogen) atoms. The Morgan fingerprint density at radius 3 is 2.04 bits per heavy atom. The fraction of sp³-hybridized carbons (Fsp3) is 1.00. The van der Waals surface area contributed by atoms with Crippen LogP contribution in [0.1, 0.15) is 0 Å². The molecule has 136 valence electrons. The van der Waals surface area contributed by atoms with E-state index in [2.05, 4.69) is 0 Å². The van der Waals surface area contributed by atoms with Crippen molar-refractivity contribution in [3.8, 4) is 0 Å². The quantitative estimate of drug-likeness (QED) is 0.238. The highest BCUT2D eigenvalue weighted by Gasteiger charge is 2.53. The fourth-order valence-corrected chi connectivity index (χ4v) is 2.53. The van der Waals surface area contributed by atoms with Crippen LogP contribution in [-0.2, 0) is 14.2 Å². The van der Waals surface area contributed by atoms with Gasteiger partial charge in [0.05, 0.1) is 19.8 Å². The summed E-state index contributed by atoms with van der Waals surface area (Å²) in [6, 6.07) is 0. The lowest BCUT2D eigenvalue weighted by Gasteiger charge is -2.39. The summed E-state index contributed by atoms with van der Waals surface area (Å²) in [7, 11) is 0. The van der Waals surface area contributed by atoms with Crippen LogP contribution in [0.15, 0.2) is 0 Å². The normalized spacial score (nSPS) is 51.1. The summed E-state index contributed by atoms with van der Waals surface area (Å²) in [6.07, 6.45) is -12.0. The van der Waals surface area contributed by atoms with Crippen LogP contribution in [0.5, 0.6) is 0 Å².